The van der Waals surface area contributed by atoms with Crippen LogP contribution in [-0.2, 0) is 21.9 Å². The van der Waals surface area contributed by atoms with Gasteiger partial charge in [0.05, 0.1) is 12.2 Å². The van der Waals surface area contributed by atoms with E-state index in [-0.39, 0.29) is 35.2 Å². The number of aryl methyl sites for hydroxylation is 1. The van der Waals surface area contributed by atoms with Crippen molar-refractivity contribution in [2.75, 3.05) is 13.1 Å². The smallest absolute Gasteiger partial charge is 0.244 e. The fourth-order valence-corrected chi connectivity index (χ4v) is 3.94. The zero-order chi connectivity index (χ0) is 16.5. The van der Waals surface area contributed by atoms with Gasteiger partial charge in [0.2, 0.25) is 15.9 Å². The summed E-state index contributed by atoms with van der Waals surface area (Å²) in [4.78, 5) is 14.2. The number of hydrogen-bond donors (Lipinski definition) is 2. The maximum absolute atomic E-state index is 12.5. The van der Waals surface area contributed by atoms with Crippen LogP contribution in [0.5, 0.6) is 0 Å². The molecule has 1 aromatic heterocycles. The van der Waals surface area contributed by atoms with E-state index in [4.69, 9.17) is 5.73 Å². The summed E-state index contributed by atoms with van der Waals surface area (Å²) >= 11 is 0. The van der Waals surface area contributed by atoms with E-state index in [1.807, 2.05) is 6.92 Å². The average Bonchev–Trinajstić information content (AvgIpc) is 3.03. The summed E-state index contributed by atoms with van der Waals surface area (Å²) in [5.74, 6) is 0.0528. The molecule has 1 fully saturated rings. The second kappa shape index (κ2) is 7.61. The Morgan fingerprint density at radius 2 is 2.22 bits per heavy atom. The van der Waals surface area contributed by atoms with Crippen molar-refractivity contribution in [1.82, 2.24) is 19.4 Å². The summed E-state index contributed by atoms with van der Waals surface area (Å²) in [6.45, 7) is 4.62. The average molecular weight is 366 g/mol. The molecule has 132 valence electrons. The molecule has 0 aliphatic carbocycles. The molecule has 1 aliphatic heterocycles. The highest BCUT2D eigenvalue weighted by Gasteiger charge is 2.35. The molecule has 10 heteroatoms. The fraction of sp³-hybridized carbons (Fsp3) is 0.692. The van der Waals surface area contributed by atoms with Gasteiger partial charge in [-0.1, -0.05) is 0 Å². The van der Waals surface area contributed by atoms with Crippen molar-refractivity contribution in [3.63, 3.8) is 0 Å². The number of likely N-dealkylation sites (tertiary alicyclic amines) is 1. The van der Waals surface area contributed by atoms with E-state index in [0.29, 0.717) is 13.1 Å². The normalized spacial score (nSPS) is 22.7. The quantitative estimate of drug-likeness (QED) is 0.744. The van der Waals surface area contributed by atoms with Gasteiger partial charge >= 0.3 is 0 Å². The molecule has 0 bridgehead atoms. The number of hydrogen-bond acceptors (Lipinski definition) is 5. The number of rotatable bonds is 5. The van der Waals surface area contributed by atoms with Crippen LogP contribution in [0.2, 0.25) is 0 Å². The van der Waals surface area contributed by atoms with Crippen LogP contribution < -0.4 is 10.5 Å². The van der Waals surface area contributed by atoms with Crippen molar-refractivity contribution in [3.05, 3.63) is 12.4 Å². The molecule has 1 amide bonds. The minimum atomic E-state index is -3.76. The van der Waals surface area contributed by atoms with Crippen LogP contribution in [0.4, 0.5) is 0 Å². The Labute approximate surface area is 142 Å². The third kappa shape index (κ3) is 4.43. The lowest BCUT2D eigenvalue weighted by Gasteiger charge is -2.25. The Balaban J connectivity index is 0.00000264. The predicted octanol–water partition coefficient (Wildman–Crippen LogP) is -0.296. The largest absolute Gasteiger partial charge is 0.338 e. The Hall–Kier alpha value is -1.16. The van der Waals surface area contributed by atoms with Crippen LogP contribution in [0.15, 0.2) is 17.3 Å². The van der Waals surface area contributed by atoms with E-state index in [2.05, 4.69) is 9.82 Å². The summed E-state index contributed by atoms with van der Waals surface area (Å²) in [5.41, 5.74) is 5.66. The lowest BCUT2D eigenvalue weighted by Crippen LogP contribution is -2.48. The fourth-order valence-electron chi connectivity index (χ4n) is 2.76. The molecule has 1 saturated heterocycles. The van der Waals surface area contributed by atoms with Gasteiger partial charge in [-0.2, -0.15) is 9.82 Å². The topological polar surface area (TPSA) is 110 Å². The van der Waals surface area contributed by atoms with Gasteiger partial charge in [-0.3, -0.25) is 9.48 Å². The van der Waals surface area contributed by atoms with E-state index < -0.39 is 16.1 Å². The first-order valence-corrected chi connectivity index (χ1v) is 8.74. The molecular formula is C13H24ClN5O3S. The summed E-state index contributed by atoms with van der Waals surface area (Å²) in [5, 5.41) is 3.83. The first kappa shape index (κ1) is 19.9. The van der Waals surface area contributed by atoms with Gasteiger partial charge in [-0.15, -0.1) is 12.4 Å². The van der Waals surface area contributed by atoms with Crippen molar-refractivity contribution in [1.29, 1.82) is 0 Å². The zero-order valence-corrected chi connectivity index (χ0v) is 15.1. The maximum atomic E-state index is 12.5. The van der Waals surface area contributed by atoms with Gasteiger partial charge in [0.15, 0.2) is 0 Å². The number of nitrogens with zero attached hydrogens (tertiary/aromatic N) is 3. The van der Waals surface area contributed by atoms with Crippen molar-refractivity contribution < 1.29 is 13.2 Å². The molecule has 0 aromatic carbocycles. The third-order valence-corrected chi connectivity index (χ3v) is 5.47. The number of sulfonamides is 1. The lowest BCUT2D eigenvalue weighted by atomic mass is 10.1. The van der Waals surface area contributed by atoms with Gasteiger partial charge in [0, 0.05) is 25.8 Å². The SMILES string of the molecule is CC(NS(=O)(=O)c1cnn(C)c1)C(=O)N1CC(CN)CC1C.Cl. The summed E-state index contributed by atoms with van der Waals surface area (Å²) < 4.78 is 28.3. The van der Waals surface area contributed by atoms with Crippen LogP contribution in [0, 0.1) is 5.92 Å². The summed E-state index contributed by atoms with van der Waals surface area (Å²) in [6.07, 6.45) is 3.50. The van der Waals surface area contributed by atoms with E-state index in [9.17, 15) is 13.2 Å². The molecule has 0 spiro atoms. The number of nitrogens with one attached hydrogen (secondary N) is 1. The number of nitrogens with two attached hydrogens (primary N) is 1. The van der Waals surface area contributed by atoms with Crippen LogP contribution >= 0.6 is 12.4 Å². The highest BCUT2D eigenvalue weighted by atomic mass is 35.5. The van der Waals surface area contributed by atoms with Crippen LogP contribution in [0.1, 0.15) is 20.3 Å². The third-order valence-electron chi connectivity index (χ3n) is 3.97. The van der Waals surface area contributed by atoms with Crippen molar-refractivity contribution in [3.8, 4) is 0 Å². The zero-order valence-electron chi connectivity index (χ0n) is 13.5. The molecule has 23 heavy (non-hydrogen) atoms. The summed E-state index contributed by atoms with van der Waals surface area (Å²) in [6, 6.07) is -0.754. The van der Waals surface area contributed by atoms with Crippen molar-refractivity contribution in [2.45, 2.75) is 37.2 Å². The number of aromatic nitrogens is 2. The van der Waals surface area contributed by atoms with E-state index in [1.165, 1.54) is 17.1 Å². The van der Waals surface area contributed by atoms with Crippen LogP contribution in [0.3, 0.4) is 0 Å². The van der Waals surface area contributed by atoms with Gasteiger partial charge in [-0.05, 0) is 32.7 Å². The molecule has 1 aliphatic rings. The van der Waals surface area contributed by atoms with E-state index in [0.717, 1.165) is 6.42 Å². The van der Waals surface area contributed by atoms with E-state index >= 15 is 0 Å². The van der Waals surface area contributed by atoms with Crippen LogP contribution in [0.25, 0.3) is 0 Å². The predicted molar refractivity (Wildman–Crippen MR) is 88.6 cm³/mol. The molecule has 2 rings (SSSR count). The molecular weight excluding hydrogens is 342 g/mol. The van der Waals surface area contributed by atoms with Crippen LogP contribution in [-0.4, -0.2) is 54.2 Å². The molecule has 3 unspecified atom stereocenters. The molecule has 1 aromatic rings. The van der Waals surface area contributed by atoms with Crippen molar-refractivity contribution in [2.24, 2.45) is 18.7 Å². The standard InChI is InChI=1S/C13H23N5O3S.ClH/c1-9-4-11(5-14)7-18(9)13(19)10(2)16-22(20,21)12-6-15-17(3)8-12;/h6,8-11,16H,4-5,7,14H2,1-3H3;1H. The Kier molecular flexibility index (Phi) is 6.58. The van der Waals surface area contributed by atoms with Gasteiger partial charge in [0.25, 0.3) is 0 Å². The second-order valence-electron chi connectivity index (χ2n) is 5.87. The van der Waals surface area contributed by atoms with Crippen molar-refractivity contribution >= 4 is 28.3 Å². The first-order valence-electron chi connectivity index (χ1n) is 7.26. The van der Waals surface area contributed by atoms with Gasteiger partial charge in [0.1, 0.15) is 4.90 Å². The number of amides is 1. The highest BCUT2D eigenvalue weighted by Crippen LogP contribution is 2.23. The minimum Gasteiger partial charge on any atom is -0.338 e. The molecule has 3 atom stereocenters. The monoisotopic (exact) mass is 365 g/mol. The first-order chi connectivity index (χ1) is 10.2. The molecule has 0 radical (unpaired) electrons. The molecule has 3 N–H and O–H groups in total. The molecule has 8 nitrogen and oxygen atoms in total. The number of carbonyl (C=O) groups excluding carboxylic acids is 1. The minimum absolute atomic E-state index is 0. The Morgan fingerprint density at radius 3 is 2.70 bits per heavy atom. The van der Waals surface area contributed by atoms with Gasteiger partial charge in [-0.25, -0.2) is 8.42 Å². The number of halogens is 1. The lowest BCUT2D eigenvalue weighted by molar-refractivity contribution is -0.133. The van der Waals surface area contributed by atoms with Gasteiger partial charge < -0.3 is 10.6 Å². The molecule has 2 heterocycles. The number of carbonyl (C=O) groups is 1. The Morgan fingerprint density at radius 1 is 1.57 bits per heavy atom. The summed E-state index contributed by atoms with van der Waals surface area (Å²) in [7, 11) is -2.12. The second-order valence-corrected chi connectivity index (χ2v) is 7.58. The highest BCUT2D eigenvalue weighted by molar-refractivity contribution is 7.89. The maximum Gasteiger partial charge on any atom is 0.244 e. The Bertz CT molecular complexity index is 648. The van der Waals surface area contributed by atoms with E-state index in [1.54, 1.807) is 18.9 Å². The molecule has 0 saturated carbocycles.